The second-order valence-corrected chi connectivity index (χ2v) is 4.36. The van der Waals surface area contributed by atoms with E-state index in [1.54, 1.807) is 7.05 Å². The highest BCUT2D eigenvalue weighted by atomic mass is 35.5. The number of rotatable bonds is 6. The molecule has 0 saturated heterocycles. The summed E-state index contributed by atoms with van der Waals surface area (Å²) in [4.78, 5) is 19.7. The van der Waals surface area contributed by atoms with E-state index in [0.29, 0.717) is 23.9 Å². The summed E-state index contributed by atoms with van der Waals surface area (Å²) in [6, 6.07) is 0. The van der Waals surface area contributed by atoms with Crippen LogP contribution in [-0.2, 0) is 11.2 Å². The van der Waals surface area contributed by atoms with E-state index in [1.807, 2.05) is 6.92 Å². The van der Waals surface area contributed by atoms with E-state index in [1.165, 1.54) is 0 Å². The van der Waals surface area contributed by atoms with Crippen LogP contribution < -0.4 is 10.6 Å². The molecule has 18 heavy (non-hydrogen) atoms. The number of carbonyl (C=O) groups excluding carboxylic acids is 1. The predicted octanol–water partition coefficient (Wildman–Crippen LogP) is 1.94. The van der Waals surface area contributed by atoms with Gasteiger partial charge in [-0.25, -0.2) is 9.97 Å². The van der Waals surface area contributed by atoms with Crippen molar-refractivity contribution >= 4 is 23.3 Å². The third-order valence-corrected chi connectivity index (χ3v) is 2.90. The number of nitrogens with one attached hydrogen (secondary N) is 2. The minimum atomic E-state index is -0.00547. The lowest BCUT2D eigenvalue weighted by Gasteiger charge is -2.10. The molecule has 0 atom stereocenters. The Morgan fingerprint density at radius 2 is 2.11 bits per heavy atom. The molecule has 1 aromatic heterocycles. The molecule has 100 valence electrons. The van der Waals surface area contributed by atoms with E-state index in [4.69, 9.17) is 11.6 Å². The van der Waals surface area contributed by atoms with Crippen molar-refractivity contribution in [3.63, 3.8) is 0 Å². The fourth-order valence-electron chi connectivity index (χ4n) is 1.46. The van der Waals surface area contributed by atoms with Crippen molar-refractivity contribution in [2.45, 2.75) is 33.1 Å². The quantitative estimate of drug-likeness (QED) is 0.776. The van der Waals surface area contributed by atoms with Crippen molar-refractivity contribution in [1.82, 2.24) is 15.3 Å². The summed E-state index contributed by atoms with van der Waals surface area (Å²) >= 11 is 6.05. The van der Waals surface area contributed by atoms with Gasteiger partial charge in [-0.15, -0.1) is 0 Å². The molecule has 1 amide bonds. The van der Waals surface area contributed by atoms with Crippen molar-refractivity contribution in [2.75, 3.05) is 18.9 Å². The Morgan fingerprint density at radius 1 is 1.39 bits per heavy atom. The van der Waals surface area contributed by atoms with Crippen LogP contribution in [0.3, 0.4) is 0 Å². The molecule has 0 aliphatic heterocycles. The second kappa shape index (κ2) is 7.16. The van der Waals surface area contributed by atoms with Crippen LogP contribution in [0.5, 0.6) is 0 Å². The number of anilines is 1. The van der Waals surface area contributed by atoms with Gasteiger partial charge >= 0.3 is 0 Å². The van der Waals surface area contributed by atoms with E-state index in [2.05, 4.69) is 27.5 Å². The van der Waals surface area contributed by atoms with Crippen molar-refractivity contribution in [3.05, 3.63) is 16.5 Å². The number of halogens is 1. The molecule has 0 saturated carbocycles. The van der Waals surface area contributed by atoms with Crippen molar-refractivity contribution in [1.29, 1.82) is 0 Å². The summed E-state index contributed by atoms with van der Waals surface area (Å²) in [5, 5.41) is 6.16. The van der Waals surface area contributed by atoms with E-state index in [9.17, 15) is 4.79 Å². The maximum atomic E-state index is 11.1. The third-order valence-electron chi connectivity index (χ3n) is 2.53. The zero-order valence-corrected chi connectivity index (χ0v) is 11.8. The van der Waals surface area contributed by atoms with E-state index in [0.717, 1.165) is 24.2 Å². The van der Waals surface area contributed by atoms with Crippen LogP contribution in [0, 0.1) is 6.92 Å². The summed E-state index contributed by atoms with van der Waals surface area (Å²) in [6.45, 7) is 4.45. The molecule has 1 aromatic rings. The van der Waals surface area contributed by atoms with E-state index < -0.39 is 0 Å². The standard InChI is InChI=1S/C12H19ClN4O/c1-4-5-9-16-11(13)8(2)12(17-9)15-7-6-10(18)14-3/h4-7H2,1-3H3,(H,14,18)(H,15,16,17). The number of nitrogens with zero attached hydrogens (tertiary/aromatic N) is 2. The monoisotopic (exact) mass is 270 g/mol. The number of aromatic nitrogens is 2. The lowest BCUT2D eigenvalue weighted by Crippen LogP contribution is -2.21. The maximum absolute atomic E-state index is 11.1. The number of aryl methyl sites for hydroxylation is 1. The van der Waals surface area contributed by atoms with Gasteiger partial charge in [-0.05, 0) is 13.3 Å². The first-order chi connectivity index (χ1) is 8.58. The van der Waals surface area contributed by atoms with Gasteiger partial charge in [-0.3, -0.25) is 4.79 Å². The van der Waals surface area contributed by atoms with Gasteiger partial charge in [-0.1, -0.05) is 18.5 Å². The Labute approximate surface area is 112 Å². The fraction of sp³-hybridized carbons (Fsp3) is 0.583. The van der Waals surface area contributed by atoms with Crippen LogP contribution >= 0.6 is 11.6 Å². The molecule has 1 heterocycles. The number of carbonyl (C=O) groups is 1. The predicted molar refractivity (Wildman–Crippen MR) is 72.9 cm³/mol. The molecule has 0 unspecified atom stereocenters. The molecule has 0 spiro atoms. The third kappa shape index (κ3) is 4.14. The molecule has 5 nitrogen and oxygen atoms in total. The van der Waals surface area contributed by atoms with Crippen LogP contribution in [0.15, 0.2) is 0 Å². The topological polar surface area (TPSA) is 66.9 Å². The summed E-state index contributed by atoms with van der Waals surface area (Å²) in [5.74, 6) is 1.44. The van der Waals surface area contributed by atoms with Crippen molar-refractivity contribution in [3.8, 4) is 0 Å². The van der Waals surface area contributed by atoms with Crippen LogP contribution in [0.1, 0.15) is 31.2 Å². The molecule has 0 radical (unpaired) electrons. The maximum Gasteiger partial charge on any atom is 0.221 e. The van der Waals surface area contributed by atoms with Crippen LogP contribution in [0.4, 0.5) is 5.82 Å². The Hall–Kier alpha value is -1.36. The summed E-state index contributed by atoms with van der Waals surface area (Å²) in [7, 11) is 1.62. The number of hydrogen-bond donors (Lipinski definition) is 2. The van der Waals surface area contributed by atoms with Crippen LogP contribution in [0.2, 0.25) is 5.15 Å². The molecule has 1 rings (SSSR count). The molecular weight excluding hydrogens is 252 g/mol. The average molecular weight is 271 g/mol. The molecular formula is C12H19ClN4O. The highest BCUT2D eigenvalue weighted by molar-refractivity contribution is 6.30. The number of amides is 1. The first-order valence-corrected chi connectivity index (χ1v) is 6.43. The van der Waals surface area contributed by atoms with Gasteiger partial charge in [0.25, 0.3) is 0 Å². The largest absolute Gasteiger partial charge is 0.369 e. The van der Waals surface area contributed by atoms with Gasteiger partial charge in [0.2, 0.25) is 5.91 Å². The average Bonchev–Trinajstić information content (AvgIpc) is 2.35. The Bertz CT molecular complexity index is 423. The lowest BCUT2D eigenvalue weighted by atomic mass is 10.3. The zero-order valence-electron chi connectivity index (χ0n) is 11.0. The van der Waals surface area contributed by atoms with Gasteiger partial charge < -0.3 is 10.6 Å². The van der Waals surface area contributed by atoms with Crippen LogP contribution in [0.25, 0.3) is 0 Å². The van der Waals surface area contributed by atoms with Crippen molar-refractivity contribution < 1.29 is 4.79 Å². The van der Waals surface area contributed by atoms with Crippen LogP contribution in [-0.4, -0.2) is 29.5 Å². The first kappa shape index (κ1) is 14.7. The van der Waals surface area contributed by atoms with E-state index >= 15 is 0 Å². The van der Waals surface area contributed by atoms with Gasteiger partial charge in [0.05, 0.1) is 0 Å². The normalized spacial score (nSPS) is 10.2. The minimum absolute atomic E-state index is 0.00547. The molecule has 6 heteroatoms. The van der Waals surface area contributed by atoms with Gasteiger partial charge in [-0.2, -0.15) is 0 Å². The Kier molecular flexibility index (Phi) is 5.85. The molecule has 0 aliphatic rings. The Morgan fingerprint density at radius 3 is 2.72 bits per heavy atom. The smallest absolute Gasteiger partial charge is 0.221 e. The summed E-state index contributed by atoms with van der Waals surface area (Å²) < 4.78 is 0. The highest BCUT2D eigenvalue weighted by Crippen LogP contribution is 2.20. The fourth-order valence-corrected chi connectivity index (χ4v) is 1.65. The Balaban J connectivity index is 2.71. The van der Waals surface area contributed by atoms with Crippen molar-refractivity contribution in [2.24, 2.45) is 0 Å². The SMILES string of the molecule is CCCc1nc(Cl)c(C)c(NCCC(=O)NC)n1. The molecule has 0 bridgehead atoms. The van der Waals surface area contributed by atoms with Gasteiger partial charge in [0.1, 0.15) is 16.8 Å². The lowest BCUT2D eigenvalue weighted by molar-refractivity contribution is -0.120. The number of hydrogen-bond acceptors (Lipinski definition) is 4. The van der Waals surface area contributed by atoms with E-state index in [-0.39, 0.29) is 5.91 Å². The summed E-state index contributed by atoms with van der Waals surface area (Å²) in [6.07, 6.45) is 2.17. The van der Waals surface area contributed by atoms with Gasteiger partial charge in [0, 0.05) is 32.0 Å². The molecule has 0 fully saturated rings. The highest BCUT2D eigenvalue weighted by Gasteiger charge is 2.09. The minimum Gasteiger partial charge on any atom is -0.369 e. The molecule has 2 N–H and O–H groups in total. The second-order valence-electron chi connectivity index (χ2n) is 4.00. The molecule has 0 aromatic carbocycles. The first-order valence-electron chi connectivity index (χ1n) is 6.06. The molecule has 0 aliphatic carbocycles. The summed E-state index contributed by atoms with van der Waals surface area (Å²) in [5.41, 5.74) is 0.813. The van der Waals surface area contributed by atoms with Gasteiger partial charge in [0.15, 0.2) is 0 Å². The zero-order chi connectivity index (χ0) is 13.5.